The number of carbonyl (C=O) groups is 1. The Morgan fingerprint density at radius 3 is 2.81 bits per heavy atom. The first-order valence-electron chi connectivity index (χ1n) is 6.58. The molecule has 0 radical (unpaired) electrons. The number of fused-ring (bicyclic) bond motifs is 1. The zero-order valence-corrected chi connectivity index (χ0v) is 11.9. The van der Waals surface area contributed by atoms with Crippen molar-refractivity contribution in [1.82, 2.24) is 0 Å². The molecule has 2 heterocycles. The lowest BCUT2D eigenvalue weighted by molar-refractivity contribution is 0.0960. The maximum Gasteiger partial charge on any atom is 0.294 e. The molecule has 0 saturated heterocycles. The van der Waals surface area contributed by atoms with Crippen LogP contribution in [0.3, 0.4) is 0 Å². The first-order chi connectivity index (χ1) is 10.2. The van der Waals surface area contributed by atoms with Crippen molar-refractivity contribution in [3.8, 4) is 0 Å². The number of nitrogens with zero attached hydrogens (tertiary/aromatic N) is 2. The number of anilines is 1. The van der Waals surface area contributed by atoms with E-state index in [1.807, 2.05) is 24.3 Å². The summed E-state index contributed by atoms with van der Waals surface area (Å²) in [5.41, 5.74) is 2.04. The molecule has 1 aromatic heterocycles. The molecule has 0 fully saturated rings. The number of halogens is 1. The Balaban J connectivity index is 2.04. The number of rotatable bonds is 1. The van der Waals surface area contributed by atoms with Gasteiger partial charge in [-0.15, -0.1) is 0 Å². The quantitative estimate of drug-likeness (QED) is 0.647. The Morgan fingerprint density at radius 2 is 2.10 bits per heavy atom. The van der Waals surface area contributed by atoms with E-state index < -0.39 is 0 Å². The smallest absolute Gasteiger partial charge is 0.294 e. The second-order valence-electron chi connectivity index (χ2n) is 4.73. The second-order valence-corrected chi connectivity index (χ2v) is 5.10. The standard InChI is InChI=1S/C15H13ClN2O3/c16-14-8-7-13(21-14)15(19)18-9-3-5-11(17-20)10-4-1-2-6-12(10)18/h1-2,4,6-8,20H,3,5,9H2/b17-11-. The fourth-order valence-corrected chi connectivity index (χ4v) is 2.64. The highest BCUT2D eigenvalue weighted by atomic mass is 35.5. The highest BCUT2D eigenvalue weighted by molar-refractivity contribution is 6.29. The van der Waals surface area contributed by atoms with Gasteiger partial charge in [-0.3, -0.25) is 4.79 Å². The van der Waals surface area contributed by atoms with Gasteiger partial charge in [0.05, 0.1) is 11.4 Å². The van der Waals surface area contributed by atoms with Crippen molar-refractivity contribution in [2.45, 2.75) is 12.8 Å². The Kier molecular flexibility index (Phi) is 3.66. The van der Waals surface area contributed by atoms with Crippen LogP contribution in [0.25, 0.3) is 0 Å². The third-order valence-corrected chi connectivity index (χ3v) is 3.65. The second kappa shape index (κ2) is 5.61. The van der Waals surface area contributed by atoms with Gasteiger partial charge in [0.1, 0.15) is 0 Å². The van der Waals surface area contributed by atoms with Gasteiger partial charge in [-0.1, -0.05) is 23.4 Å². The third kappa shape index (κ3) is 2.52. The molecule has 1 amide bonds. The van der Waals surface area contributed by atoms with E-state index in [1.165, 1.54) is 0 Å². The van der Waals surface area contributed by atoms with Crippen LogP contribution in [0.4, 0.5) is 5.69 Å². The van der Waals surface area contributed by atoms with Crippen LogP contribution in [0, 0.1) is 0 Å². The average molecular weight is 305 g/mol. The van der Waals surface area contributed by atoms with Crippen molar-refractivity contribution >= 4 is 28.9 Å². The van der Waals surface area contributed by atoms with E-state index in [4.69, 9.17) is 21.2 Å². The van der Waals surface area contributed by atoms with Crippen molar-refractivity contribution in [2.75, 3.05) is 11.4 Å². The highest BCUT2D eigenvalue weighted by Crippen LogP contribution is 2.28. The zero-order chi connectivity index (χ0) is 14.8. The summed E-state index contributed by atoms with van der Waals surface area (Å²) >= 11 is 5.73. The maximum absolute atomic E-state index is 12.6. The number of para-hydroxylation sites is 1. The van der Waals surface area contributed by atoms with Gasteiger partial charge < -0.3 is 14.5 Å². The molecule has 0 unspecified atom stereocenters. The SMILES string of the molecule is O=C(c1ccc(Cl)o1)N1CCC/C(=N/O)c2ccccc21. The number of hydrogen-bond donors (Lipinski definition) is 1. The number of amides is 1. The van der Waals surface area contributed by atoms with Crippen molar-refractivity contribution < 1.29 is 14.4 Å². The van der Waals surface area contributed by atoms with Crippen molar-refractivity contribution in [3.63, 3.8) is 0 Å². The largest absolute Gasteiger partial charge is 0.440 e. The molecule has 2 aromatic rings. The normalized spacial score (nSPS) is 16.6. The Bertz CT molecular complexity index is 708. The van der Waals surface area contributed by atoms with E-state index in [2.05, 4.69) is 5.16 Å². The minimum absolute atomic E-state index is 0.180. The number of benzene rings is 1. The van der Waals surface area contributed by atoms with Crippen LogP contribution in [0.1, 0.15) is 29.0 Å². The van der Waals surface area contributed by atoms with Gasteiger partial charge in [-0.25, -0.2) is 0 Å². The van der Waals surface area contributed by atoms with Crippen molar-refractivity contribution in [2.24, 2.45) is 5.16 Å². The molecule has 0 aliphatic carbocycles. The van der Waals surface area contributed by atoms with Crippen molar-refractivity contribution in [3.05, 3.63) is 52.9 Å². The molecule has 6 heteroatoms. The molecule has 1 aliphatic rings. The van der Waals surface area contributed by atoms with E-state index in [0.717, 1.165) is 5.56 Å². The van der Waals surface area contributed by atoms with Gasteiger partial charge in [0.15, 0.2) is 11.0 Å². The molecular weight excluding hydrogens is 292 g/mol. The maximum atomic E-state index is 12.6. The summed E-state index contributed by atoms with van der Waals surface area (Å²) in [6.07, 6.45) is 1.31. The summed E-state index contributed by atoms with van der Waals surface area (Å²) < 4.78 is 5.20. The fraction of sp³-hybridized carbons (Fsp3) is 0.200. The predicted molar refractivity (Wildman–Crippen MR) is 79.4 cm³/mol. The summed E-state index contributed by atoms with van der Waals surface area (Å²) in [5.74, 6) is -0.0623. The molecule has 5 nitrogen and oxygen atoms in total. The molecule has 1 aromatic carbocycles. The fourth-order valence-electron chi connectivity index (χ4n) is 2.49. The Hall–Kier alpha value is -2.27. The van der Waals surface area contributed by atoms with E-state index in [-0.39, 0.29) is 16.9 Å². The molecule has 1 aliphatic heterocycles. The lowest BCUT2D eigenvalue weighted by Crippen LogP contribution is -2.31. The lowest BCUT2D eigenvalue weighted by atomic mass is 10.1. The average Bonchev–Trinajstić information content (AvgIpc) is 2.84. The molecule has 1 N–H and O–H groups in total. The Labute approximate surface area is 126 Å². The van der Waals surface area contributed by atoms with E-state index in [9.17, 15) is 4.79 Å². The summed E-state index contributed by atoms with van der Waals surface area (Å²) in [4.78, 5) is 14.2. The van der Waals surface area contributed by atoms with Crippen LogP contribution in [0.5, 0.6) is 0 Å². The van der Waals surface area contributed by atoms with Crippen LogP contribution in [-0.4, -0.2) is 23.4 Å². The number of hydrogen-bond acceptors (Lipinski definition) is 4. The van der Waals surface area contributed by atoms with Crippen LogP contribution >= 0.6 is 11.6 Å². The minimum Gasteiger partial charge on any atom is -0.440 e. The summed E-state index contributed by atoms with van der Waals surface area (Å²) in [6, 6.07) is 10.5. The monoisotopic (exact) mass is 304 g/mol. The summed E-state index contributed by atoms with van der Waals surface area (Å²) in [7, 11) is 0. The predicted octanol–water partition coefficient (Wildman–Crippen LogP) is 3.55. The first-order valence-corrected chi connectivity index (χ1v) is 6.96. The van der Waals surface area contributed by atoms with Crippen LogP contribution in [0.15, 0.2) is 46.0 Å². The molecule has 0 bridgehead atoms. The molecule has 0 spiro atoms. The number of carbonyl (C=O) groups excluding carboxylic acids is 1. The van der Waals surface area contributed by atoms with Crippen LogP contribution < -0.4 is 4.90 Å². The molecule has 21 heavy (non-hydrogen) atoms. The van der Waals surface area contributed by atoms with Crippen LogP contribution in [-0.2, 0) is 0 Å². The van der Waals surface area contributed by atoms with Gasteiger partial charge in [0, 0.05) is 12.1 Å². The summed E-state index contributed by atoms with van der Waals surface area (Å²) in [6.45, 7) is 0.521. The van der Waals surface area contributed by atoms with Gasteiger partial charge in [0.25, 0.3) is 5.91 Å². The first kappa shape index (κ1) is 13.7. The molecule has 3 rings (SSSR count). The third-order valence-electron chi connectivity index (χ3n) is 3.45. The van der Waals surface area contributed by atoms with Gasteiger partial charge in [0.2, 0.25) is 0 Å². The topological polar surface area (TPSA) is 66.0 Å². The van der Waals surface area contributed by atoms with E-state index in [1.54, 1.807) is 17.0 Å². The molecular formula is C15H13ClN2O3. The van der Waals surface area contributed by atoms with Gasteiger partial charge in [-0.05, 0) is 42.6 Å². The van der Waals surface area contributed by atoms with Crippen LogP contribution in [0.2, 0.25) is 5.22 Å². The number of oxime groups is 1. The van der Waals surface area contributed by atoms with Gasteiger partial charge >= 0.3 is 0 Å². The zero-order valence-electron chi connectivity index (χ0n) is 11.1. The molecule has 0 atom stereocenters. The van der Waals surface area contributed by atoms with Crippen molar-refractivity contribution in [1.29, 1.82) is 0 Å². The summed E-state index contributed by atoms with van der Waals surface area (Å²) in [5, 5.41) is 12.7. The molecule has 0 saturated carbocycles. The van der Waals surface area contributed by atoms with E-state index >= 15 is 0 Å². The van der Waals surface area contributed by atoms with Gasteiger partial charge in [-0.2, -0.15) is 0 Å². The number of furan rings is 1. The lowest BCUT2D eigenvalue weighted by Gasteiger charge is -2.21. The van der Waals surface area contributed by atoms with E-state index in [0.29, 0.717) is 30.8 Å². The minimum atomic E-state index is -0.256. The highest BCUT2D eigenvalue weighted by Gasteiger charge is 2.26. The molecule has 108 valence electrons. The Morgan fingerprint density at radius 1 is 1.29 bits per heavy atom.